The van der Waals surface area contributed by atoms with Crippen molar-refractivity contribution in [3.05, 3.63) is 58.7 Å². The second-order valence-corrected chi connectivity index (χ2v) is 9.39. The Hall–Kier alpha value is -2.93. The van der Waals surface area contributed by atoms with Gasteiger partial charge >= 0.3 is 0 Å². The Morgan fingerprint density at radius 2 is 1.91 bits per heavy atom. The maximum atomic E-state index is 13.2. The maximum absolute atomic E-state index is 13.2. The van der Waals surface area contributed by atoms with E-state index in [9.17, 15) is 8.42 Å². The topological polar surface area (TPSA) is 134 Å². The summed E-state index contributed by atoms with van der Waals surface area (Å²) < 4.78 is 41.0. The first kappa shape index (κ1) is 24.7. The number of hydrogen-bond acceptors (Lipinski definition) is 9. The van der Waals surface area contributed by atoms with Crippen molar-refractivity contribution in [1.82, 2.24) is 29.7 Å². The third-order valence-electron chi connectivity index (χ3n) is 4.65. The van der Waals surface area contributed by atoms with Gasteiger partial charge in [0.15, 0.2) is 17.8 Å². The average Bonchev–Trinajstić information content (AvgIpc) is 3.18. The molecule has 176 valence electrons. The molecule has 3 heterocycles. The molecule has 0 bridgehead atoms. The van der Waals surface area contributed by atoms with Gasteiger partial charge in [-0.15, -0.1) is 10.2 Å². The fraction of sp³-hybridized carbons (Fsp3) is 0.350. The van der Waals surface area contributed by atoms with Crippen molar-refractivity contribution in [1.29, 1.82) is 0 Å². The Labute approximate surface area is 196 Å². The van der Waals surface area contributed by atoms with Gasteiger partial charge in [0, 0.05) is 44.6 Å². The van der Waals surface area contributed by atoms with Gasteiger partial charge in [-0.2, -0.15) is 0 Å². The van der Waals surface area contributed by atoms with Gasteiger partial charge in [0.1, 0.15) is 0 Å². The summed E-state index contributed by atoms with van der Waals surface area (Å²) in [5.41, 5.74) is 1.60. The van der Waals surface area contributed by atoms with Crippen LogP contribution in [-0.2, 0) is 19.5 Å². The molecule has 3 rings (SSSR count). The standard InChI is InChI=1S/C20H24ClN7O4S/c1-12-6-15(8-22-7-12)19-25-26-20(28(19)13(2)11-31-4)27-33(29,30)14(3)17(32-5)18-23-9-16(21)10-24-18/h6-10,13,17H,3,11H2,1-2,4-5H3,(H,26,27)/t13-,17+/m1/s1. The van der Waals surface area contributed by atoms with Gasteiger partial charge in [-0.05, 0) is 25.5 Å². The van der Waals surface area contributed by atoms with Crippen LogP contribution in [0.25, 0.3) is 11.4 Å². The van der Waals surface area contributed by atoms with Crippen molar-refractivity contribution in [3.8, 4) is 11.4 Å². The maximum Gasteiger partial charge on any atom is 0.262 e. The molecule has 3 aromatic heterocycles. The van der Waals surface area contributed by atoms with E-state index in [2.05, 4.69) is 36.5 Å². The van der Waals surface area contributed by atoms with Crippen LogP contribution in [-0.4, -0.2) is 59.0 Å². The van der Waals surface area contributed by atoms with Gasteiger partial charge in [-0.1, -0.05) is 18.2 Å². The van der Waals surface area contributed by atoms with Gasteiger partial charge in [-0.3, -0.25) is 9.55 Å². The molecule has 0 spiro atoms. The minimum Gasteiger partial charge on any atom is -0.383 e. The summed E-state index contributed by atoms with van der Waals surface area (Å²) in [6, 6.07) is 1.58. The van der Waals surface area contributed by atoms with Crippen LogP contribution < -0.4 is 4.72 Å². The summed E-state index contributed by atoms with van der Waals surface area (Å²) in [5, 5.41) is 8.57. The van der Waals surface area contributed by atoms with E-state index in [1.807, 2.05) is 19.9 Å². The number of ether oxygens (including phenoxy) is 2. The minimum atomic E-state index is -4.19. The smallest absolute Gasteiger partial charge is 0.262 e. The first-order valence-corrected chi connectivity index (χ1v) is 11.6. The largest absolute Gasteiger partial charge is 0.383 e. The van der Waals surface area contributed by atoms with Crippen molar-refractivity contribution >= 4 is 27.6 Å². The Kier molecular flexibility index (Phi) is 7.74. The van der Waals surface area contributed by atoms with Gasteiger partial charge in [-0.25, -0.2) is 23.1 Å². The Morgan fingerprint density at radius 3 is 2.52 bits per heavy atom. The molecule has 0 aliphatic heterocycles. The van der Waals surface area contributed by atoms with Crippen LogP contribution in [0.5, 0.6) is 0 Å². The lowest BCUT2D eigenvalue weighted by Crippen LogP contribution is -2.24. The van der Waals surface area contributed by atoms with Gasteiger partial charge < -0.3 is 9.47 Å². The zero-order chi connectivity index (χ0) is 24.2. The Balaban J connectivity index is 1.98. The van der Waals surface area contributed by atoms with Crippen molar-refractivity contribution in [3.63, 3.8) is 0 Å². The number of nitrogens with zero attached hydrogens (tertiary/aromatic N) is 6. The van der Waals surface area contributed by atoms with E-state index in [0.717, 1.165) is 5.56 Å². The number of aryl methyl sites for hydroxylation is 1. The summed E-state index contributed by atoms with van der Waals surface area (Å²) in [6.07, 6.45) is 4.89. The minimum absolute atomic E-state index is 0.0101. The van der Waals surface area contributed by atoms with Gasteiger partial charge in [0.05, 0.1) is 22.6 Å². The van der Waals surface area contributed by atoms with E-state index in [1.54, 1.807) is 24.1 Å². The molecule has 0 aliphatic rings. The zero-order valence-electron chi connectivity index (χ0n) is 18.6. The van der Waals surface area contributed by atoms with Crippen molar-refractivity contribution in [2.24, 2.45) is 0 Å². The second kappa shape index (κ2) is 10.3. The summed E-state index contributed by atoms with van der Waals surface area (Å²) >= 11 is 5.82. The summed E-state index contributed by atoms with van der Waals surface area (Å²) in [7, 11) is -1.31. The highest BCUT2D eigenvalue weighted by Crippen LogP contribution is 2.30. The number of nitrogens with one attached hydrogen (secondary N) is 1. The first-order chi connectivity index (χ1) is 15.7. The highest BCUT2D eigenvalue weighted by molar-refractivity contribution is 7.96. The molecule has 13 heteroatoms. The third kappa shape index (κ3) is 5.53. The van der Waals surface area contributed by atoms with E-state index in [1.165, 1.54) is 19.5 Å². The first-order valence-electron chi connectivity index (χ1n) is 9.75. The quantitative estimate of drug-likeness (QED) is 0.452. The number of methoxy groups -OCH3 is 2. The predicted octanol–water partition coefficient (Wildman–Crippen LogP) is 2.94. The van der Waals surface area contributed by atoms with Crippen LogP contribution in [0.3, 0.4) is 0 Å². The molecule has 3 aromatic rings. The van der Waals surface area contributed by atoms with Gasteiger partial charge in [0.2, 0.25) is 5.95 Å². The number of pyridine rings is 1. The van der Waals surface area contributed by atoms with Crippen LogP contribution in [0.4, 0.5) is 5.95 Å². The molecule has 0 unspecified atom stereocenters. The lowest BCUT2D eigenvalue weighted by atomic mass is 10.2. The van der Waals surface area contributed by atoms with E-state index >= 15 is 0 Å². The van der Waals surface area contributed by atoms with E-state index in [0.29, 0.717) is 23.0 Å². The van der Waals surface area contributed by atoms with Crippen molar-refractivity contribution in [2.45, 2.75) is 26.0 Å². The highest BCUT2D eigenvalue weighted by Gasteiger charge is 2.31. The molecule has 2 atom stereocenters. The fourth-order valence-electron chi connectivity index (χ4n) is 3.13. The fourth-order valence-corrected chi connectivity index (χ4v) is 4.23. The Bertz CT molecular complexity index is 1230. The molecule has 0 saturated carbocycles. The number of sulfonamides is 1. The number of halogens is 1. The van der Waals surface area contributed by atoms with Crippen molar-refractivity contribution in [2.75, 3.05) is 25.5 Å². The molecule has 0 aromatic carbocycles. The molecule has 1 N–H and O–H groups in total. The number of anilines is 1. The number of aromatic nitrogens is 6. The predicted molar refractivity (Wildman–Crippen MR) is 123 cm³/mol. The molecular formula is C20H24ClN7O4S. The molecule has 0 saturated heterocycles. The molecule has 0 aliphatic carbocycles. The van der Waals surface area contributed by atoms with Gasteiger partial charge in [0.25, 0.3) is 10.0 Å². The SMILES string of the molecule is C=C([C@H](OC)c1ncc(Cl)cn1)S(=O)(=O)Nc1nnc(-c2cncc(C)c2)n1[C@H](C)COC. The van der Waals surface area contributed by atoms with E-state index < -0.39 is 16.1 Å². The van der Waals surface area contributed by atoms with Crippen molar-refractivity contribution < 1.29 is 17.9 Å². The summed E-state index contributed by atoms with van der Waals surface area (Å²) in [4.78, 5) is 12.0. The number of hydrogen-bond donors (Lipinski definition) is 1. The van der Waals surface area contributed by atoms with Crippen LogP contribution in [0, 0.1) is 6.92 Å². The molecule has 11 nitrogen and oxygen atoms in total. The highest BCUT2D eigenvalue weighted by atomic mass is 35.5. The molecule has 0 amide bonds. The monoisotopic (exact) mass is 493 g/mol. The molecule has 33 heavy (non-hydrogen) atoms. The van der Waals surface area contributed by atoms with E-state index in [4.69, 9.17) is 21.1 Å². The zero-order valence-corrected chi connectivity index (χ0v) is 20.1. The second-order valence-electron chi connectivity index (χ2n) is 7.22. The summed E-state index contributed by atoms with van der Waals surface area (Å²) in [6.45, 7) is 7.74. The van der Waals surface area contributed by atoms with Crippen LogP contribution in [0.15, 0.2) is 42.3 Å². The summed E-state index contributed by atoms with van der Waals surface area (Å²) in [5.74, 6) is 0.519. The number of rotatable bonds is 10. The normalized spacial score (nSPS) is 13.5. The van der Waals surface area contributed by atoms with Crippen LogP contribution in [0.1, 0.15) is 30.5 Å². The average molecular weight is 494 g/mol. The Morgan fingerprint density at radius 1 is 1.21 bits per heavy atom. The van der Waals surface area contributed by atoms with Crippen LogP contribution in [0.2, 0.25) is 5.02 Å². The van der Waals surface area contributed by atoms with Crippen LogP contribution >= 0.6 is 11.6 Å². The molecule has 0 radical (unpaired) electrons. The lowest BCUT2D eigenvalue weighted by Gasteiger charge is -2.20. The third-order valence-corrected chi connectivity index (χ3v) is 6.20. The molecule has 0 fully saturated rings. The lowest BCUT2D eigenvalue weighted by molar-refractivity contribution is 0.131. The van der Waals surface area contributed by atoms with E-state index in [-0.39, 0.29) is 22.7 Å². The molecular weight excluding hydrogens is 470 g/mol.